The van der Waals surface area contributed by atoms with Crippen molar-refractivity contribution in [2.45, 2.75) is 13.0 Å². The maximum Gasteiger partial charge on any atom is 0.330 e. The summed E-state index contributed by atoms with van der Waals surface area (Å²) in [4.78, 5) is 23.5. The maximum atomic E-state index is 12.0. The number of hydrogen-bond acceptors (Lipinski definition) is 5. The van der Waals surface area contributed by atoms with Gasteiger partial charge in [0.15, 0.2) is 6.04 Å². The molecule has 19 heavy (non-hydrogen) atoms. The summed E-state index contributed by atoms with van der Waals surface area (Å²) in [5.41, 5.74) is 0.998. The SMILES string of the molecule is Cc1nnsc1C(=O)N[C@H](C(=O)O)c1ccccc1. The van der Waals surface area contributed by atoms with E-state index in [-0.39, 0.29) is 0 Å². The van der Waals surface area contributed by atoms with Crippen LogP contribution in [0.2, 0.25) is 0 Å². The molecule has 0 fully saturated rings. The van der Waals surface area contributed by atoms with Crippen molar-refractivity contribution in [1.82, 2.24) is 14.9 Å². The highest BCUT2D eigenvalue weighted by molar-refractivity contribution is 7.08. The lowest BCUT2D eigenvalue weighted by Gasteiger charge is -2.14. The molecule has 0 bridgehead atoms. The number of benzene rings is 1. The first-order valence-corrected chi connectivity index (χ1v) is 6.24. The highest BCUT2D eigenvalue weighted by Gasteiger charge is 2.24. The zero-order valence-corrected chi connectivity index (χ0v) is 10.8. The van der Waals surface area contributed by atoms with Gasteiger partial charge < -0.3 is 10.4 Å². The fourth-order valence-corrected chi connectivity index (χ4v) is 2.13. The van der Waals surface area contributed by atoms with Gasteiger partial charge in [0.05, 0.1) is 5.69 Å². The molecule has 0 unspecified atom stereocenters. The highest BCUT2D eigenvalue weighted by Crippen LogP contribution is 2.15. The molecule has 0 aliphatic heterocycles. The number of aryl methyl sites for hydroxylation is 1. The lowest BCUT2D eigenvalue weighted by atomic mass is 10.1. The first-order valence-electron chi connectivity index (χ1n) is 5.47. The molecule has 7 heteroatoms. The van der Waals surface area contributed by atoms with Gasteiger partial charge in [-0.3, -0.25) is 4.79 Å². The number of nitrogens with zero attached hydrogens (tertiary/aromatic N) is 2. The maximum absolute atomic E-state index is 12.0. The van der Waals surface area contributed by atoms with Crippen molar-refractivity contribution in [3.8, 4) is 0 Å². The molecule has 0 saturated heterocycles. The summed E-state index contributed by atoms with van der Waals surface area (Å²) in [5, 5.41) is 15.4. The van der Waals surface area contributed by atoms with Crippen LogP contribution in [0.3, 0.4) is 0 Å². The number of hydrogen-bond donors (Lipinski definition) is 2. The molecule has 0 aliphatic rings. The Morgan fingerprint density at radius 1 is 1.32 bits per heavy atom. The minimum absolute atomic E-state index is 0.321. The second-order valence-electron chi connectivity index (χ2n) is 3.84. The van der Waals surface area contributed by atoms with E-state index in [1.807, 2.05) is 0 Å². The minimum atomic E-state index is -1.12. The van der Waals surface area contributed by atoms with Gasteiger partial charge >= 0.3 is 5.97 Å². The Kier molecular flexibility index (Phi) is 3.86. The average Bonchev–Trinajstić information content (AvgIpc) is 2.82. The van der Waals surface area contributed by atoms with E-state index in [0.29, 0.717) is 16.1 Å². The predicted molar refractivity (Wildman–Crippen MR) is 68.9 cm³/mol. The quantitative estimate of drug-likeness (QED) is 0.881. The van der Waals surface area contributed by atoms with Gasteiger partial charge in [0.2, 0.25) is 0 Å². The number of aliphatic carboxylic acids is 1. The monoisotopic (exact) mass is 277 g/mol. The van der Waals surface area contributed by atoms with Crippen molar-refractivity contribution < 1.29 is 14.7 Å². The van der Waals surface area contributed by atoms with Crippen molar-refractivity contribution >= 4 is 23.4 Å². The molecule has 1 aromatic heterocycles. The number of carbonyl (C=O) groups excluding carboxylic acids is 1. The molecular formula is C12H11N3O3S. The number of aromatic nitrogens is 2. The molecule has 1 aromatic carbocycles. The second kappa shape index (κ2) is 5.57. The molecule has 0 radical (unpaired) electrons. The van der Waals surface area contributed by atoms with Crippen LogP contribution >= 0.6 is 11.5 Å². The molecule has 0 spiro atoms. The Balaban J connectivity index is 2.21. The Bertz CT molecular complexity index is 597. The number of rotatable bonds is 4. The first-order chi connectivity index (χ1) is 9.09. The zero-order chi connectivity index (χ0) is 13.8. The van der Waals surface area contributed by atoms with E-state index in [1.54, 1.807) is 37.3 Å². The van der Waals surface area contributed by atoms with E-state index < -0.39 is 17.9 Å². The van der Waals surface area contributed by atoms with E-state index in [9.17, 15) is 14.7 Å². The molecule has 1 amide bonds. The van der Waals surface area contributed by atoms with E-state index >= 15 is 0 Å². The summed E-state index contributed by atoms with van der Waals surface area (Å²) in [6.07, 6.45) is 0. The van der Waals surface area contributed by atoms with Crippen molar-refractivity contribution in [3.05, 3.63) is 46.5 Å². The Morgan fingerprint density at radius 2 is 2.00 bits per heavy atom. The van der Waals surface area contributed by atoms with E-state index in [2.05, 4.69) is 14.9 Å². The van der Waals surface area contributed by atoms with Gasteiger partial charge in [0.1, 0.15) is 4.88 Å². The molecule has 2 rings (SSSR count). The van der Waals surface area contributed by atoms with Crippen LogP contribution in [0, 0.1) is 6.92 Å². The summed E-state index contributed by atoms with van der Waals surface area (Å²) in [6.45, 7) is 1.65. The molecule has 1 atom stereocenters. The third-order valence-corrected chi connectivity index (χ3v) is 3.34. The lowest BCUT2D eigenvalue weighted by molar-refractivity contribution is -0.139. The summed E-state index contributed by atoms with van der Waals surface area (Å²) >= 11 is 0.940. The topological polar surface area (TPSA) is 92.2 Å². The third kappa shape index (κ3) is 2.94. The van der Waals surface area contributed by atoms with Gasteiger partial charge in [-0.05, 0) is 24.0 Å². The van der Waals surface area contributed by atoms with Crippen LogP contribution in [-0.2, 0) is 4.79 Å². The van der Waals surface area contributed by atoms with Crippen LogP contribution in [-0.4, -0.2) is 26.6 Å². The van der Waals surface area contributed by atoms with Gasteiger partial charge in [0.25, 0.3) is 5.91 Å². The summed E-state index contributed by atoms with van der Waals surface area (Å²) in [5.74, 6) is -1.60. The number of carboxylic acid groups (broad SMARTS) is 1. The van der Waals surface area contributed by atoms with Crippen LogP contribution < -0.4 is 5.32 Å². The molecule has 98 valence electrons. The molecule has 2 aromatic rings. The Morgan fingerprint density at radius 3 is 2.53 bits per heavy atom. The third-order valence-electron chi connectivity index (χ3n) is 2.51. The van der Waals surface area contributed by atoms with Gasteiger partial charge in [-0.1, -0.05) is 34.8 Å². The fourth-order valence-electron chi connectivity index (χ4n) is 1.57. The van der Waals surface area contributed by atoms with Gasteiger partial charge in [0, 0.05) is 0 Å². The van der Waals surface area contributed by atoms with Crippen LogP contribution in [0.4, 0.5) is 0 Å². The Labute approximate surface area is 113 Å². The summed E-state index contributed by atoms with van der Waals surface area (Å²) < 4.78 is 3.65. The van der Waals surface area contributed by atoms with Crippen LogP contribution in [0.1, 0.15) is 27.0 Å². The van der Waals surface area contributed by atoms with Crippen molar-refractivity contribution in [1.29, 1.82) is 0 Å². The van der Waals surface area contributed by atoms with Crippen molar-refractivity contribution in [3.63, 3.8) is 0 Å². The molecule has 0 saturated carbocycles. The lowest BCUT2D eigenvalue weighted by Crippen LogP contribution is -2.33. The highest BCUT2D eigenvalue weighted by atomic mass is 32.1. The van der Waals surface area contributed by atoms with Gasteiger partial charge in [-0.2, -0.15) is 0 Å². The molecule has 6 nitrogen and oxygen atoms in total. The second-order valence-corrected chi connectivity index (χ2v) is 4.60. The number of amides is 1. The average molecular weight is 277 g/mol. The summed E-state index contributed by atoms with van der Waals surface area (Å²) in [7, 11) is 0. The van der Waals surface area contributed by atoms with Gasteiger partial charge in [-0.15, -0.1) is 5.10 Å². The number of carbonyl (C=O) groups is 2. The van der Waals surface area contributed by atoms with Crippen molar-refractivity contribution in [2.24, 2.45) is 0 Å². The van der Waals surface area contributed by atoms with Crippen LogP contribution in [0.15, 0.2) is 30.3 Å². The number of carboxylic acids is 1. The zero-order valence-electron chi connectivity index (χ0n) is 10.0. The largest absolute Gasteiger partial charge is 0.479 e. The summed E-state index contributed by atoms with van der Waals surface area (Å²) in [6, 6.07) is 7.43. The minimum Gasteiger partial charge on any atom is -0.479 e. The molecule has 2 N–H and O–H groups in total. The normalized spacial score (nSPS) is 11.8. The van der Waals surface area contributed by atoms with Crippen LogP contribution in [0.5, 0.6) is 0 Å². The smallest absolute Gasteiger partial charge is 0.330 e. The number of nitrogens with one attached hydrogen (secondary N) is 1. The van der Waals surface area contributed by atoms with Gasteiger partial charge in [-0.25, -0.2) is 4.79 Å². The standard InChI is InChI=1S/C12H11N3O3S/c1-7-10(19-15-14-7)11(16)13-9(12(17)18)8-5-3-2-4-6-8/h2-6,9H,1H3,(H,13,16)(H,17,18)/t9-/m0/s1. The predicted octanol–water partition coefficient (Wildman–Crippen LogP) is 1.40. The molecule has 0 aliphatic carbocycles. The van der Waals surface area contributed by atoms with Crippen LogP contribution in [0.25, 0.3) is 0 Å². The fraction of sp³-hybridized carbons (Fsp3) is 0.167. The van der Waals surface area contributed by atoms with E-state index in [0.717, 1.165) is 11.5 Å². The first kappa shape index (κ1) is 13.2. The van der Waals surface area contributed by atoms with E-state index in [4.69, 9.17) is 0 Å². The van der Waals surface area contributed by atoms with Crippen molar-refractivity contribution in [2.75, 3.05) is 0 Å². The molecule has 1 heterocycles. The molecular weight excluding hydrogens is 266 g/mol. The van der Waals surface area contributed by atoms with E-state index in [1.165, 1.54) is 0 Å². The Hall–Kier alpha value is -2.28.